The van der Waals surface area contributed by atoms with E-state index < -0.39 is 0 Å². The Morgan fingerprint density at radius 3 is 0.844 bits per heavy atom. The van der Waals surface area contributed by atoms with Crippen LogP contribution >= 0.6 is 0 Å². The summed E-state index contributed by atoms with van der Waals surface area (Å²) in [5.74, 6) is 1.00. The van der Waals surface area contributed by atoms with Crippen molar-refractivity contribution in [1.29, 1.82) is 0 Å². The van der Waals surface area contributed by atoms with Crippen molar-refractivity contribution in [3.63, 3.8) is 0 Å². The quantitative estimate of drug-likeness (QED) is 0.0548. The maximum Gasteiger partial charge on any atom is 0.160 e. The molecule has 0 aromatic carbocycles. The van der Waals surface area contributed by atoms with Crippen molar-refractivity contribution < 1.29 is 38.1 Å². The summed E-state index contributed by atoms with van der Waals surface area (Å²) in [5, 5.41) is 0. The Labute approximate surface area is 397 Å². The molecule has 0 aliphatic rings. The summed E-state index contributed by atoms with van der Waals surface area (Å²) in [6, 6.07) is 3.46. The van der Waals surface area contributed by atoms with E-state index in [2.05, 4.69) is 97.8 Å². The Morgan fingerprint density at radius 1 is 0.297 bits per heavy atom. The fourth-order valence-corrected chi connectivity index (χ4v) is 7.14. The zero-order chi connectivity index (χ0) is 49.5. The molecule has 0 saturated heterocycles. The van der Waals surface area contributed by atoms with Crippen LogP contribution in [-0.2, 0) is 38.1 Å². The summed E-state index contributed by atoms with van der Waals surface area (Å²) in [4.78, 5) is 41.5. The number of rotatable bonds is 40. The number of ether oxygens (including phenoxy) is 5. The molecule has 0 N–H and O–H groups in total. The van der Waals surface area contributed by atoms with Crippen LogP contribution in [0, 0.1) is 17.8 Å². The van der Waals surface area contributed by atoms with Crippen LogP contribution in [0.5, 0.6) is 0 Å². The molecule has 0 bridgehead atoms. The maximum atomic E-state index is 11.5. The zero-order valence-electron chi connectivity index (χ0n) is 45.6. The van der Waals surface area contributed by atoms with Crippen LogP contribution in [0.2, 0.25) is 0 Å². The molecule has 0 aliphatic heterocycles. The number of ketones is 3. The second-order valence-electron chi connectivity index (χ2n) is 20.0. The minimum absolute atomic E-state index is 0.0329. The summed E-state index contributed by atoms with van der Waals surface area (Å²) in [6.07, 6.45) is 12.6. The first-order valence-corrected chi connectivity index (χ1v) is 25.8. The molecular formula is C53H109N3O8. The van der Waals surface area contributed by atoms with Crippen molar-refractivity contribution in [3.8, 4) is 0 Å². The lowest BCUT2D eigenvalue weighted by molar-refractivity contribution is -0.127. The summed E-state index contributed by atoms with van der Waals surface area (Å²) >= 11 is 0. The van der Waals surface area contributed by atoms with Gasteiger partial charge in [0.1, 0.15) is 19.0 Å². The van der Waals surface area contributed by atoms with Crippen molar-refractivity contribution in [2.75, 3.05) is 85.7 Å². The minimum atomic E-state index is 0.0329. The third-order valence-corrected chi connectivity index (χ3v) is 11.3. The van der Waals surface area contributed by atoms with Gasteiger partial charge in [-0.2, -0.15) is 0 Å². The Morgan fingerprint density at radius 2 is 0.547 bits per heavy atom. The molecule has 0 amide bonds. The van der Waals surface area contributed by atoms with Gasteiger partial charge in [0.15, 0.2) is 11.6 Å². The van der Waals surface area contributed by atoms with Gasteiger partial charge in [0.2, 0.25) is 0 Å². The molecule has 11 heteroatoms. The number of nitrogens with zero attached hydrogens (tertiary/aromatic N) is 3. The number of unbranched alkanes of at least 4 members (excludes halogenated alkanes) is 8. The van der Waals surface area contributed by atoms with Crippen LogP contribution in [-0.4, -0.2) is 154 Å². The van der Waals surface area contributed by atoms with E-state index in [1.165, 1.54) is 57.9 Å². The predicted molar refractivity (Wildman–Crippen MR) is 271 cm³/mol. The third kappa shape index (κ3) is 42.1. The fourth-order valence-electron chi connectivity index (χ4n) is 7.14. The lowest BCUT2D eigenvalue weighted by Gasteiger charge is -2.30. The van der Waals surface area contributed by atoms with Gasteiger partial charge < -0.3 is 23.7 Å². The summed E-state index contributed by atoms with van der Waals surface area (Å²) < 4.78 is 27.0. The van der Waals surface area contributed by atoms with Gasteiger partial charge in [-0.05, 0) is 102 Å². The smallest absolute Gasteiger partial charge is 0.160 e. The number of carbonyl (C=O) groups excluding carboxylic acids is 3. The minimum Gasteiger partial charge on any atom is -0.378 e. The van der Waals surface area contributed by atoms with E-state index in [-0.39, 0.29) is 42.5 Å². The van der Waals surface area contributed by atoms with E-state index in [0.29, 0.717) is 88.3 Å². The molecule has 0 aliphatic carbocycles. The maximum absolute atomic E-state index is 11.5. The highest BCUT2D eigenvalue weighted by Crippen LogP contribution is 2.14. The first-order valence-electron chi connectivity index (χ1n) is 25.8. The molecule has 0 heterocycles. The number of carbonyl (C=O) groups is 3. The second kappa shape index (κ2) is 44.2. The van der Waals surface area contributed by atoms with Crippen molar-refractivity contribution in [3.05, 3.63) is 0 Å². The van der Waals surface area contributed by atoms with Gasteiger partial charge in [0.25, 0.3) is 0 Å². The molecular weight excluding hydrogens is 807 g/mol. The van der Waals surface area contributed by atoms with Gasteiger partial charge in [0, 0.05) is 73.5 Å². The van der Waals surface area contributed by atoms with Gasteiger partial charge in [-0.3, -0.25) is 29.1 Å². The number of hydrogen-bond donors (Lipinski definition) is 0. The van der Waals surface area contributed by atoms with Crippen molar-refractivity contribution in [2.45, 2.75) is 225 Å². The van der Waals surface area contributed by atoms with E-state index in [1.807, 2.05) is 41.5 Å². The fraction of sp³-hybridized carbons (Fsp3) is 0.943. The largest absolute Gasteiger partial charge is 0.378 e. The molecule has 0 fully saturated rings. The average Bonchev–Trinajstić information content (AvgIpc) is 3.20. The molecule has 0 unspecified atom stereocenters. The normalized spacial score (nSPS) is 12.1. The monoisotopic (exact) mass is 916 g/mol. The standard InChI is InChI=1S/C21H43NO.C17H35NO4.C15H31NO3/c1-18(2)21(23)16-14-12-10-8-7-9-11-13-15-17-22(19(3)4)20(5)6;1-14(2)17(19)13-22-12-11-21-10-9-20-8-7-18(15(3)4)16(5)6;1-12(2)15(17)11-19-10-9-18-8-7-16(13(3)4)14(5)6/h18-20H,7-17H2,1-6H3;14-16H,7-13H2,1-6H3;12-14H,7-11H2,1-6H3. The first-order chi connectivity index (χ1) is 30.1. The van der Waals surface area contributed by atoms with Crippen LogP contribution in [0.3, 0.4) is 0 Å². The molecule has 0 atom stereocenters. The van der Waals surface area contributed by atoms with Gasteiger partial charge in [-0.25, -0.2) is 0 Å². The van der Waals surface area contributed by atoms with Crippen LogP contribution in [0.4, 0.5) is 0 Å². The van der Waals surface area contributed by atoms with Crippen LogP contribution in [0.1, 0.15) is 189 Å². The summed E-state index contributed by atoms with van der Waals surface area (Å²) in [5.41, 5.74) is 0. The molecule has 0 rings (SSSR count). The predicted octanol–water partition coefficient (Wildman–Crippen LogP) is 11.0. The topological polar surface area (TPSA) is 107 Å². The number of hydrogen-bond acceptors (Lipinski definition) is 11. The Kier molecular flexibility index (Phi) is 46.3. The molecule has 0 aromatic heterocycles. The molecule has 64 heavy (non-hydrogen) atoms. The summed E-state index contributed by atoms with van der Waals surface area (Å²) in [6.45, 7) is 46.4. The van der Waals surface area contributed by atoms with Crippen molar-refractivity contribution >= 4 is 17.3 Å². The average molecular weight is 916 g/mol. The van der Waals surface area contributed by atoms with Gasteiger partial charge in [0.05, 0.1) is 52.9 Å². The van der Waals surface area contributed by atoms with E-state index in [0.717, 1.165) is 32.5 Å². The first kappa shape index (κ1) is 67.0. The SMILES string of the molecule is CC(C)C(=O)CCCCCCCCCCCN(C(C)C)C(C)C.CC(C)C(=O)COCCOCCN(C(C)C)C(C)C.CC(C)C(=O)COCCOCCOCCN(C(C)C)C(C)C. The highest BCUT2D eigenvalue weighted by atomic mass is 16.5. The van der Waals surface area contributed by atoms with Crippen LogP contribution < -0.4 is 0 Å². The van der Waals surface area contributed by atoms with Crippen molar-refractivity contribution in [2.24, 2.45) is 17.8 Å². The third-order valence-electron chi connectivity index (χ3n) is 11.3. The molecule has 384 valence electrons. The molecule has 0 spiro atoms. The molecule has 0 aromatic rings. The molecule has 11 nitrogen and oxygen atoms in total. The van der Waals surface area contributed by atoms with Gasteiger partial charge in [-0.1, -0.05) is 86.5 Å². The Hall–Kier alpha value is -1.31. The Bertz CT molecular complexity index is 1040. The van der Waals surface area contributed by atoms with E-state index in [1.54, 1.807) is 0 Å². The lowest BCUT2D eigenvalue weighted by atomic mass is 10.0. The van der Waals surface area contributed by atoms with Gasteiger partial charge >= 0.3 is 0 Å². The Balaban J connectivity index is -0.000000876. The van der Waals surface area contributed by atoms with E-state index >= 15 is 0 Å². The van der Waals surface area contributed by atoms with Crippen LogP contribution in [0.15, 0.2) is 0 Å². The van der Waals surface area contributed by atoms with E-state index in [4.69, 9.17) is 23.7 Å². The summed E-state index contributed by atoms with van der Waals surface area (Å²) in [7, 11) is 0. The van der Waals surface area contributed by atoms with Crippen LogP contribution in [0.25, 0.3) is 0 Å². The molecule has 0 radical (unpaired) electrons. The number of Topliss-reactive ketones (excluding diaryl/α,β-unsaturated/α-hetero) is 3. The lowest BCUT2D eigenvalue weighted by Crippen LogP contribution is -2.39. The second-order valence-corrected chi connectivity index (χ2v) is 20.0. The van der Waals surface area contributed by atoms with Crippen molar-refractivity contribution in [1.82, 2.24) is 14.7 Å². The van der Waals surface area contributed by atoms with Gasteiger partial charge in [-0.15, -0.1) is 0 Å². The molecule has 0 saturated carbocycles. The highest BCUT2D eigenvalue weighted by Gasteiger charge is 2.15. The highest BCUT2D eigenvalue weighted by molar-refractivity contribution is 5.81. The van der Waals surface area contributed by atoms with E-state index in [9.17, 15) is 14.4 Å². The zero-order valence-corrected chi connectivity index (χ0v) is 45.6.